The van der Waals surface area contributed by atoms with E-state index in [1.807, 2.05) is 18.2 Å². The predicted octanol–water partition coefficient (Wildman–Crippen LogP) is 3.18. The van der Waals surface area contributed by atoms with Crippen molar-refractivity contribution < 1.29 is 17.9 Å². The van der Waals surface area contributed by atoms with Crippen molar-refractivity contribution in [3.05, 3.63) is 35.9 Å². The van der Waals surface area contributed by atoms with E-state index in [1.54, 1.807) is 0 Å². The minimum atomic E-state index is -4.23. The van der Waals surface area contributed by atoms with Crippen LogP contribution < -0.4 is 5.32 Å². The maximum Gasteiger partial charge on any atom is 0.411 e. The lowest BCUT2D eigenvalue weighted by atomic mass is 10.1. The van der Waals surface area contributed by atoms with Crippen LogP contribution in [-0.4, -0.2) is 32.0 Å². The Bertz CT molecular complexity index is 340. The highest BCUT2D eigenvalue weighted by atomic mass is 19.4. The number of rotatable bonds is 8. The third-order valence-corrected chi connectivity index (χ3v) is 2.61. The molecule has 1 unspecified atom stereocenters. The smallest absolute Gasteiger partial charge is 0.372 e. The summed E-state index contributed by atoms with van der Waals surface area (Å²) in [4.78, 5) is 0. The van der Waals surface area contributed by atoms with Gasteiger partial charge in [-0.2, -0.15) is 13.2 Å². The number of benzene rings is 1. The van der Waals surface area contributed by atoms with Gasteiger partial charge in [0.1, 0.15) is 6.61 Å². The fourth-order valence-electron chi connectivity index (χ4n) is 1.75. The minimum absolute atomic E-state index is 0.130. The Labute approximate surface area is 112 Å². The second-order valence-corrected chi connectivity index (χ2v) is 4.57. The van der Waals surface area contributed by atoms with E-state index in [2.05, 4.69) is 29.1 Å². The van der Waals surface area contributed by atoms with E-state index in [1.165, 1.54) is 5.56 Å². The van der Waals surface area contributed by atoms with Crippen molar-refractivity contribution in [1.82, 2.24) is 5.32 Å². The summed E-state index contributed by atoms with van der Waals surface area (Å²) in [5, 5.41) is 3.27. The maximum atomic E-state index is 11.8. The van der Waals surface area contributed by atoms with Crippen molar-refractivity contribution in [2.24, 2.45) is 0 Å². The second kappa shape index (κ2) is 8.17. The molecule has 0 heterocycles. The molecule has 0 aliphatic rings. The van der Waals surface area contributed by atoms with Gasteiger partial charge in [0.15, 0.2) is 0 Å². The Kier molecular flexibility index (Phi) is 6.87. The van der Waals surface area contributed by atoms with E-state index in [0.717, 1.165) is 6.42 Å². The summed E-state index contributed by atoms with van der Waals surface area (Å²) in [6.07, 6.45) is -2.74. The van der Waals surface area contributed by atoms with E-state index in [9.17, 15) is 13.2 Å². The highest BCUT2D eigenvalue weighted by molar-refractivity contribution is 5.15. The van der Waals surface area contributed by atoms with Crippen LogP contribution in [-0.2, 0) is 11.2 Å². The van der Waals surface area contributed by atoms with Crippen molar-refractivity contribution in [2.45, 2.75) is 32.0 Å². The Morgan fingerprint density at radius 2 is 1.89 bits per heavy atom. The Hall–Kier alpha value is -1.07. The standard InChI is InChI=1S/C14H20F3NO/c1-12(10-13-6-3-2-4-7-13)18-8-5-9-19-11-14(15,16)17/h2-4,6-7,12,18H,5,8-11H2,1H3. The first-order valence-corrected chi connectivity index (χ1v) is 6.39. The molecule has 0 radical (unpaired) electrons. The Morgan fingerprint density at radius 3 is 2.53 bits per heavy atom. The van der Waals surface area contributed by atoms with E-state index in [0.29, 0.717) is 19.0 Å². The first-order valence-electron chi connectivity index (χ1n) is 6.39. The van der Waals surface area contributed by atoms with Gasteiger partial charge in [-0.3, -0.25) is 0 Å². The fourth-order valence-corrected chi connectivity index (χ4v) is 1.75. The highest BCUT2D eigenvalue weighted by Gasteiger charge is 2.27. The maximum absolute atomic E-state index is 11.8. The monoisotopic (exact) mass is 275 g/mol. The van der Waals surface area contributed by atoms with Crippen LogP contribution in [0.25, 0.3) is 0 Å². The molecule has 1 N–H and O–H groups in total. The molecule has 0 saturated carbocycles. The van der Waals surface area contributed by atoms with Gasteiger partial charge in [0.05, 0.1) is 0 Å². The molecule has 0 spiro atoms. The number of hydrogen-bond donors (Lipinski definition) is 1. The number of nitrogens with one attached hydrogen (secondary N) is 1. The zero-order valence-electron chi connectivity index (χ0n) is 11.0. The molecule has 19 heavy (non-hydrogen) atoms. The quantitative estimate of drug-likeness (QED) is 0.736. The SMILES string of the molecule is CC(Cc1ccccc1)NCCCOCC(F)(F)F. The van der Waals surface area contributed by atoms with E-state index in [-0.39, 0.29) is 6.61 Å². The summed E-state index contributed by atoms with van der Waals surface area (Å²) in [5.41, 5.74) is 1.25. The predicted molar refractivity (Wildman–Crippen MR) is 69.1 cm³/mol. The lowest BCUT2D eigenvalue weighted by Crippen LogP contribution is -2.29. The molecule has 0 aliphatic carbocycles. The molecule has 0 saturated heterocycles. The molecule has 0 amide bonds. The number of alkyl halides is 3. The van der Waals surface area contributed by atoms with Crippen LogP contribution in [0, 0.1) is 0 Å². The fraction of sp³-hybridized carbons (Fsp3) is 0.571. The topological polar surface area (TPSA) is 21.3 Å². The van der Waals surface area contributed by atoms with E-state index < -0.39 is 12.8 Å². The van der Waals surface area contributed by atoms with Crippen LogP contribution in [0.1, 0.15) is 18.9 Å². The molecule has 1 aromatic carbocycles. The van der Waals surface area contributed by atoms with Crippen LogP contribution >= 0.6 is 0 Å². The van der Waals surface area contributed by atoms with Gasteiger partial charge in [-0.15, -0.1) is 0 Å². The highest BCUT2D eigenvalue weighted by Crippen LogP contribution is 2.14. The summed E-state index contributed by atoms with van der Waals surface area (Å²) in [5.74, 6) is 0. The van der Waals surface area contributed by atoms with Crippen molar-refractivity contribution >= 4 is 0 Å². The van der Waals surface area contributed by atoms with Gasteiger partial charge in [-0.25, -0.2) is 0 Å². The van der Waals surface area contributed by atoms with Gasteiger partial charge in [0.2, 0.25) is 0 Å². The molecule has 0 bridgehead atoms. The number of halogens is 3. The van der Waals surface area contributed by atoms with Gasteiger partial charge >= 0.3 is 6.18 Å². The zero-order chi connectivity index (χ0) is 14.1. The summed E-state index contributed by atoms with van der Waals surface area (Å²) in [6.45, 7) is 1.69. The molecule has 0 aromatic heterocycles. The van der Waals surface area contributed by atoms with Crippen LogP contribution in [0.15, 0.2) is 30.3 Å². The normalized spacial score (nSPS) is 13.5. The van der Waals surface area contributed by atoms with Gasteiger partial charge in [0, 0.05) is 12.6 Å². The van der Waals surface area contributed by atoms with Crippen molar-refractivity contribution in [3.63, 3.8) is 0 Å². The average Bonchev–Trinajstić information content (AvgIpc) is 2.33. The Morgan fingerprint density at radius 1 is 1.21 bits per heavy atom. The molecular weight excluding hydrogens is 255 g/mol. The van der Waals surface area contributed by atoms with E-state index >= 15 is 0 Å². The number of hydrogen-bond acceptors (Lipinski definition) is 2. The second-order valence-electron chi connectivity index (χ2n) is 4.57. The zero-order valence-corrected chi connectivity index (χ0v) is 11.0. The van der Waals surface area contributed by atoms with Crippen LogP contribution in [0.2, 0.25) is 0 Å². The molecule has 5 heteroatoms. The molecule has 2 nitrogen and oxygen atoms in total. The molecule has 0 fully saturated rings. The van der Waals surface area contributed by atoms with Crippen molar-refractivity contribution in [2.75, 3.05) is 19.8 Å². The van der Waals surface area contributed by atoms with Crippen molar-refractivity contribution in [3.8, 4) is 0 Å². The molecular formula is C14H20F3NO. The average molecular weight is 275 g/mol. The summed E-state index contributed by atoms with van der Waals surface area (Å²) in [6, 6.07) is 10.4. The van der Waals surface area contributed by atoms with Crippen LogP contribution in [0.3, 0.4) is 0 Å². The van der Waals surface area contributed by atoms with Gasteiger partial charge in [0.25, 0.3) is 0 Å². The number of ether oxygens (including phenoxy) is 1. The van der Waals surface area contributed by atoms with E-state index in [4.69, 9.17) is 0 Å². The minimum Gasteiger partial charge on any atom is -0.372 e. The van der Waals surface area contributed by atoms with Crippen LogP contribution in [0.4, 0.5) is 13.2 Å². The lowest BCUT2D eigenvalue weighted by Gasteiger charge is -2.14. The molecule has 108 valence electrons. The Balaban J connectivity index is 2.03. The molecule has 1 aromatic rings. The molecule has 0 aliphatic heterocycles. The van der Waals surface area contributed by atoms with Crippen LogP contribution in [0.5, 0.6) is 0 Å². The first-order chi connectivity index (χ1) is 8.97. The third-order valence-electron chi connectivity index (χ3n) is 2.61. The van der Waals surface area contributed by atoms with Crippen molar-refractivity contribution in [1.29, 1.82) is 0 Å². The van der Waals surface area contributed by atoms with Gasteiger partial charge < -0.3 is 10.1 Å². The third kappa shape index (κ3) is 8.61. The lowest BCUT2D eigenvalue weighted by molar-refractivity contribution is -0.173. The summed E-state index contributed by atoms with van der Waals surface area (Å²) < 4.78 is 39.9. The largest absolute Gasteiger partial charge is 0.411 e. The first kappa shape index (κ1) is 16.0. The molecule has 1 atom stereocenters. The summed E-state index contributed by atoms with van der Waals surface area (Å²) in [7, 11) is 0. The molecule has 1 rings (SSSR count). The van der Waals surface area contributed by atoms with Gasteiger partial charge in [-0.05, 0) is 31.9 Å². The van der Waals surface area contributed by atoms with Gasteiger partial charge in [-0.1, -0.05) is 30.3 Å². The summed E-state index contributed by atoms with van der Waals surface area (Å²) >= 11 is 0.